The molecule has 0 aromatic heterocycles. The van der Waals surface area contributed by atoms with Crippen LogP contribution in [0.5, 0.6) is 5.75 Å². The molecular formula is C17H20FNO4. The summed E-state index contributed by atoms with van der Waals surface area (Å²) in [6.45, 7) is 0.727. The van der Waals surface area contributed by atoms with Crippen molar-refractivity contribution >= 4 is 11.9 Å². The highest BCUT2D eigenvalue weighted by Crippen LogP contribution is 2.44. The average molecular weight is 321 g/mol. The zero-order valence-corrected chi connectivity index (χ0v) is 13.0. The number of rotatable bonds is 5. The van der Waals surface area contributed by atoms with Crippen LogP contribution in [0.2, 0.25) is 0 Å². The molecule has 1 aromatic carbocycles. The topological polar surface area (TPSA) is 66.8 Å². The molecule has 0 radical (unpaired) electrons. The molecule has 0 unspecified atom stereocenters. The van der Waals surface area contributed by atoms with Gasteiger partial charge in [-0.15, -0.1) is 0 Å². The van der Waals surface area contributed by atoms with Crippen molar-refractivity contribution in [3.05, 3.63) is 29.6 Å². The second-order valence-corrected chi connectivity index (χ2v) is 6.38. The fraction of sp³-hybridized carbons (Fsp3) is 0.529. The van der Waals surface area contributed by atoms with Gasteiger partial charge in [0.05, 0.1) is 19.4 Å². The summed E-state index contributed by atoms with van der Waals surface area (Å²) >= 11 is 0. The molecule has 1 aromatic rings. The van der Waals surface area contributed by atoms with E-state index in [4.69, 9.17) is 4.74 Å². The van der Waals surface area contributed by atoms with Crippen LogP contribution in [0.3, 0.4) is 0 Å². The van der Waals surface area contributed by atoms with E-state index in [2.05, 4.69) is 0 Å². The number of ether oxygens (including phenoxy) is 1. The Hall–Kier alpha value is -2.11. The van der Waals surface area contributed by atoms with Crippen molar-refractivity contribution in [3.8, 4) is 5.75 Å². The summed E-state index contributed by atoms with van der Waals surface area (Å²) in [6.07, 6.45) is 2.12. The van der Waals surface area contributed by atoms with Gasteiger partial charge in [-0.25, -0.2) is 4.39 Å². The number of hydrogen-bond acceptors (Lipinski definition) is 3. The van der Waals surface area contributed by atoms with E-state index in [0.29, 0.717) is 23.8 Å². The lowest BCUT2D eigenvalue weighted by Gasteiger charge is -2.17. The Bertz CT molecular complexity index is 629. The predicted molar refractivity (Wildman–Crippen MR) is 80.6 cm³/mol. The van der Waals surface area contributed by atoms with Crippen molar-refractivity contribution in [3.63, 3.8) is 0 Å². The largest absolute Gasteiger partial charge is 0.496 e. The monoisotopic (exact) mass is 321 g/mol. The van der Waals surface area contributed by atoms with E-state index in [1.165, 1.54) is 25.3 Å². The van der Waals surface area contributed by atoms with Gasteiger partial charge in [0.1, 0.15) is 11.6 Å². The number of hydrogen-bond donors (Lipinski definition) is 1. The van der Waals surface area contributed by atoms with Gasteiger partial charge in [0.25, 0.3) is 0 Å². The first-order chi connectivity index (χ1) is 11.0. The minimum Gasteiger partial charge on any atom is -0.496 e. The predicted octanol–water partition coefficient (Wildman–Crippen LogP) is 1.95. The lowest BCUT2D eigenvalue weighted by atomic mass is 9.92. The van der Waals surface area contributed by atoms with Crippen LogP contribution in [-0.2, 0) is 16.0 Å². The van der Waals surface area contributed by atoms with Gasteiger partial charge in [0.15, 0.2) is 0 Å². The maximum Gasteiger partial charge on any atom is 0.308 e. The second-order valence-electron chi connectivity index (χ2n) is 6.38. The fourth-order valence-electron chi connectivity index (χ4n) is 3.46. The van der Waals surface area contributed by atoms with Crippen molar-refractivity contribution < 1.29 is 23.8 Å². The van der Waals surface area contributed by atoms with E-state index in [9.17, 15) is 19.1 Å². The van der Waals surface area contributed by atoms with Gasteiger partial charge in [-0.2, -0.15) is 0 Å². The standard InChI is InChI=1S/C17H20FNO4/c1-23-15-5-4-12(18)6-11(15)7-16(20)19-8-13(10-2-3-10)14(9-19)17(21)22/h4-6,10,13-14H,2-3,7-9H2,1H3,(H,21,22)/t13-,14+/m1/s1. The highest BCUT2D eigenvalue weighted by atomic mass is 19.1. The minimum absolute atomic E-state index is 0.0185. The Balaban J connectivity index is 1.71. The fourth-order valence-corrected chi connectivity index (χ4v) is 3.46. The molecule has 1 saturated carbocycles. The zero-order valence-electron chi connectivity index (χ0n) is 13.0. The Morgan fingerprint density at radius 1 is 1.35 bits per heavy atom. The lowest BCUT2D eigenvalue weighted by molar-refractivity contribution is -0.142. The van der Waals surface area contributed by atoms with Crippen LogP contribution in [0.25, 0.3) is 0 Å². The number of methoxy groups -OCH3 is 1. The smallest absolute Gasteiger partial charge is 0.308 e. The van der Waals surface area contributed by atoms with Crippen LogP contribution in [-0.4, -0.2) is 42.1 Å². The summed E-state index contributed by atoms with van der Waals surface area (Å²) < 4.78 is 18.6. The van der Waals surface area contributed by atoms with Crippen molar-refractivity contribution in [2.24, 2.45) is 17.8 Å². The summed E-state index contributed by atoms with van der Waals surface area (Å²) in [4.78, 5) is 25.5. The third kappa shape index (κ3) is 3.30. The summed E-state index contributed by atoms with van der Waals surface area (Å²) in [6, 6.07) is 4.07. The molecule has 2 fully saturated rings. The molecule has 3 rings (SSSR count). The number of halogens is 1. The molecule has 0 spiro atoms. The van der Waals surface area contributed by atoms with Crippen LogP contribution in [0.1, 0.15) is 18.4 Å². The number of nitrogens with zero attached hydrogens (tertiary/aromatic N) is 1. The number of carboxylic acids is 1. The molecular weight excluding hydrogens is 301 g/mol. The molecule has 5 nitrogen and oxygen atoms in total. The quantitative estimate of drug-likeness (QED) is 0.900. The van der Waals surface area contributed by atoms with E-state index < -0.39 is 17.7 Å². The number of aliphatic carboxylic acids is 1. The van der Waals surface area contributed by atoms with Crippen molar-refractivity contribution in [1.82, 2.24) is 4.90 Å². The third-order valence-electron chi connectivity index (χ3n) is 4.85. The Morgan fingerprint density at radius 2 is 2.09 bits per heavy atom. The normalized spacial score (nSPS) is 23.8. The number of carboxylic acid groups (broad SMARTS) is 1. The van der Waals surface area contributed by atoms with Gasteiger partial charge in [-0.3, -0.25) is 9.59 Å². The van der Waals surface area contributed by atoms with E-state index >= 15 is 0 Å². The van der Waals surface area contributed by atoms with Crippen molar-refractivity contribution in [2.45, 2.75) is 19.3 Å². The summed E-state index contributed by atoms with van der Waals surface area (Å²) in [5.74, 6) is -0.977. The molecule has 1 heterocycles. The molecule has 1 saturated heterocycles. The van der Waals surface area contributed by atoms with Crippen LogP contribution in [0.15, 0.2) is 18.2 Å². The van der Waals surface area contributed by atoms with Gasteiger partial charge in [0, 0.05) is 18.7 Å². The maximum atomic E-state index is 13.4. The number of amides is 1. The van der Waals surface area contributed by atoms with Gasteiger partial charge in [0.2, 0.25) is 5.91 Å². The van der Waals surface area contributed by atoms with Crippen LogP contribution < -0.4 is 4.74 Å². The average Bonchev–Trinajstić information content (AvgIpc) is 3.25. The summed E-state index contributed by atoms with van der Waals surface area (Å²) in [7, 11) is 1.47. The first-order valence-corrected chi connectivity index (χ1v) is 7.82. The SMILES string of the molecule is COc1ccc(F)cc1CC(=O)N1C[C@H](C(=O)O)[C@@H](C2CC2)C1. The maximum absolute atomic E-state index is 13.4. The molecule has 23 heavy (non-hydrogen) atoms. The first kappa shape index (κ1) is 15.8. The summed E-state index contributed by atoms with van der Waals surface area (Å²) in [5, 5.41) is 9.36. The zero-order chi connectivity index (χ0) is 16.6. The van der Waals surface area contributed by atoms with E-state index in [1.807, 2.05) is 0 Å². The Kier molecular flexibility index (Phi) is 4.24. The van der Waals surface area contributed by atoms with E-state index in [-0.39, 0.29) is 24.8 Å². The Morgan fingerprint density at radius 3 is 2.70 bits per heavy atom. The van der Waals surface area contributed by atoms with Crippen LogP contribution in [0.4, 0.5) is 4.39 Å². The summed E-state index contributed by atoms with van der Waals surface area (Å²) in [5.41, 5.74) is 0.485. The second kappa shape index (κ2) is 6.18. The van der Waals surface area contributed by atoms with Gasteiger partial charge < -0.3 is 14.7 Å². The highest BCUT2D eigenvalue weighted by molar-refractivity contribution is 5.81. The van der Waals surface area contributed by atoms with Crippen molar-refractivity contribution in [2.75, 3.05) is 20.2 Å². The van der Waals surface area contributed by atoms with Crippen molar-refractivity contribution in [1.29, 1.82) is 0 Å². The first-order valence-electron chi connectivity index (χ1n) is 7.82. The number of carbonyl (C=O) groups is 2. The molecule has 0 bridgehead atoms. The minimum atomic E-state index is -0.833. The molecule has 1 N–H and O–H groups in total. The van der Waals surface area contributed by atoms with Gasteiger partial charge >= 0.3 is 5.97 Å². The molecule has 1 aliphatic heterocycles. The van der Waals surface area contributed by atoms with Gasteiger partial charge in [-0.05, 0) is 42.9 Å². The number of benzene rings is 1. The highest BCUT2D eigenvalue weighted by Gasteiger charge is 2.46. The molecule has 6 heteroatoms. The van der Waals surface area contributed by atoms with E-state index in [1.54, 1.807) is 4.90 Å². The van der Waals surface area contributed by atoms with Crippen LogP contribution in [0, 0.1) is 23.6 Å². The molecule has 2 aliphatic rings. The Labute approximate surface area is 134 Å². The molecule has 2 atom stereocenters. The third-order valence-corrected chi connectivity index (χ3v) is 4.85. The number of likely N-dealkylation sites (tertiary alicyclic amines) is 1. The van der Waals surface area contributed by atoms with Gasteiger partial charge in [-0.1, -0.05) is 0 Å². The molecule has 1 aliphatic carbocycles. The van der Waals surface area contributed by atoms with Crippen LogP contribution >= 0.6 is 0 Å². The lowest BCUT2D eigenvalue weighted by Crippen LogP contribution is -2.31. The molecule has 1 amide bonds. The number of carbonyl (C=O) groups excluding carboxylic acids is 1. The van der Waals surface area contributed by atoms with E-state index in [0.717, 1.165) is 12.8 Å². The molecule has 124 valence electrons.